The SMILES string of the molecule is Cc1ccc(-c2cnc(C3CC3)nc2)cc1-c1cc(NC(C)COF)nc(N2CCOCC2)c1.NC=O. The van der Waals surface area contributed by atoms with Crippen molar-refractivity contribution in [3.63, 3.8) is 0 Å². The van der Waals surface area contributed by atoms with E-state index in [4.69, 9.17) is 14.5 Å². The van der Waals surface area contributed by atoms with Gasteiger partial charge in [0.15, 0.2) is 0 Å². The van der Waals surface area contributed by atoms with Crippen molar-refractivity contribution in [1.29, 1.82) is 0 Å². The van der Waals surface area contributed by atoms with Crippen LogP contribution in [-0.2, 0) is 14.5 Å². The van der Waals surface area contributed by atoms with Crippen LogP contribution in [0.4, 0.5) is 16.2 Å². The molecular formula is C27H33FN6O3. The van der Waals surface area contributed by atoms with Crippen LogP contribution in [0.1, 0.15) is 37.1 Å². The van der Waals surface area contributed by atoms with Crippen LogP contribution < -0.4 is 16.0 Å². The standard InChI is InChI=1S/C26H30FN5O2.CH3NO/c1-17-3-4-20(22-14-28-26(29-15-22)19-5-6-19)11-23(17)21-12-24(30-18(2)16-34-27)31-25(13-21)32-7-9-33-10-8-32;2-1-3/h3-4,11-15,18-19H,5-10,16H2,1-2H3,(H,30,31);1H,(H2,2,3). The summed E-state index contributed by atoms with van der Waals surface area (Å²) in [5.74, 6) is 3.04. The van der Waals surface area contributed by atoms with Gasteiger partial charge in [-0.2, -0.15) is 4.94 Å². The van der Waals surface area contributed by atoms with Crippen LogP contribution >= 0.6 is 0 Å². The molecule has 1 amide bonds. The third-order valence-corrected chi connectivity index (χ3v) is 6.35. The van der Waals surface area contributed by atoms with Crippen LogP contribution in [0.25, 0.3) is 22.3 Å². The van der Waals surface area contributed by atoms with Gasteiger partial charge in [-0.25, -0.2) is 15.0 Å². The first-order valence-electron chi connectivity index (χ1n) is 12.5. The molecule has 2 aliphatic rings. The molecule has 0 bridgehead atoms. The van der Waals surface area contributed by atoms with E-state index in [1.807, 2.05) is 25.4 Å². The molecular weight excluding hydrogens is 475 g/mol. The van der Waals surface area contributed by atoms with Crippen LogP contribution in [-0.4, -0.2) is 60.3 Å². The number of rotatable bonds is 8. The van der Waals surface area contributed by atoms with Gasteiger partial charge in [0.2, 0.25) is 6.41 Å². The molecule has 2 fully saturated rings. The van der Waals surface area contributed by atoms with Crippen LogP contribution in [0, 0.1) is 6.92 Å². The molecule has 37 heavy (non-hydrogen) atoms. The number of aromatic nitrogens is 3. The molecule has 1 atom stereocenters. The predicted molar refractivity (Wildman–Crippen MR) is 141 cm³/mol. The topological polar surface area (TPSA) is 115 Å². The number of ether oxygens (including phenoxy) is 1. The first-order chi connectivity index (χ1) is 18.0. The molecule has 196 valence electrons. The maximum atomic E-state index is 12.4. The number of hydrogen-bond acceptors (Lipinski definition) is 8. The number of pyridine rings is 1. The summed E-state index contributed by atoms with van der Waals surface area (Å²) in [6.45, 7) is 6.82. The van der Waals surface area contributed by atoms with Gasteiger partial charge in [-0.3, -0.25) is 4.79 Å². The fraction of sp³-hybridized carbons (Fsp3) is 0.407. The highest BCUT2D eigenvalue weighted by atomic mass is 19.3. The zero-order valence-electron chi connectivity index (χ0n) is 21.2. The molecule has 1 aliphatic heterocycles. The first kappa shape index (κ1) is 26.4. The van der Waals surface area contributed by atoms with E-state index in [1.54, 1.807) is 0 Å². The molecule has 5 rings (SSSR count). The second-order valence-corrected chi connectivity index (χ2v) is 9.29. The molecule has 1 saturated heterocycles. The zero-order chi connectivity index (χ0) is 26.2. The van der Waals surface area contributed by atoms with Gasteiger partial charge in [0.1, 0.15) is 24.1 Å². The summed E-state index contributed by atoms with van der Waals surface area (Å²) in [6, 6.07) is 10.3. The number of nitrogens with two attached hydrogens (primary N) is 1. The summed E-state index contributed by atoms with van der Waals surface area (Å²) in [4.78, 5) is 28.6. The Bertz CT molecular complexity index is 1180. The van der Waals surface area contributed by atoms with Gasteiger partial charge in [-0.15, -0.1) is 0 Å². The van der Waals surface area contributed by atoms with Crippen molar-refractivity contribution in [2.75, 3.05) is 43.1 Å². The summed E-state index contributed by atoms with van der Waals surface area (Å²) >= 11 is 0. The minimum absolute atomic E-state index is 0.0514. The third kappa shape index (κ3) is 6.99. The smallest absolute Gasteiger partial charge is 0.204 e. The van der Waals surface area contributed by atoms with Gasteiger partial charge in [0.05, 0.1) is 19.3 Å². The molecule has 1 unspecified atom stereocenters. The Hall–Kier alpha value is -3.63. The molecule has 1 saturated carbocycles. The zero-order valence-corrected chi connectivity index (χ0v) is 21.2. The molecule has 9 nitrogen and oxygen atoms in total. The lowest BCUT2D eigenvalue weighted by Crippen LogP contribution is -2.37. The van der Waals surface area contributed by atoms with E-state index >= 15 is 0 Å². The highest BCUT2D eigenvalue weighted by molar-refractivity contribution is 5.78. The number of aryl methyl sites for hydroxylation is 1. The lowest BCUT2D eigenvalue weighted by Gasteiger charge is -2.29. The lowest BCUT2D eigenvalue weighted by atomic mass is 9.96. The molecule has 3 heterocycles. The van der Waals surface area contributed by atoms with Gasteiger partial charge in [0.25, 0.3) is 0 Å². The van der Waals surface area contributed by atoms with E-state index in [2.05, 4.69) is 62.0 Å². The number of nitrogens with one attached hydrogen (secondary N) is 1. The highest BCUT2D eigenvalue weighted by Crippen LogP contribution is 2.38. The molecule has 1 aromatic carbocycles. The van der Waals surface area contributed by atoms with E-state index < -0.39 is 0 Å². The number of morpholine rings is 1. The largest absolute Gasteiger partial charge is 0.378 e. The summed E-state index contributed by atoms with van der Waals surface area (Å²) in [7, 11) is 0. The number of carbonyl (C=O) groups excluding carboxylic acids is 1. The molecule has 2 aromatic heterocycles. The van der Waals surface area contributed by atoms with Crippen molar-refractivity contribution in [2.45, 2.75) is 38.6 Å². The Morgan fingerprint density at radius 3 is 2.51 bits per heavy atom. The van der Waals surface area contributed by atoms with Crippen molar-refractivity contribution in [2.24, 2.45) is 5.73 Å². The first-order valence-corrected chi connectivity index (χ1v) is 12.5. The van der Waals surface area contributed by atoms with Gasteiger partial charge < -0.3 is 20.7 Å². The molecule has 0 radical (unpaired) electrons. The summed E-state index contributed by atoms with van der Waals surface area (Å²) in [5.41, 5.74) is 9.55. The predicted octanol–water partition coefficient (Wildman–Crippen LogP) is 4.03. The summed E-state index contributed by atoms with van der Waals surface area (Å²) < 4.78 is 17.9. The van der Waals surface area contributed by atoms with Crippen LogP contribution in [0.3, 0.4) is 0 Å². The number of primary amides is 1. The van der Waals surface area contributed by atoms with Crippen molar-refractivity contribution in [1.82, 2.24) is 15.0 Å². The van der Waals surface area contributed by atoms with E-state index in [9.17, 15) is 4.53 Å². The molecule has 3 N–H and O–H groups in total. The van der Waals surface area contributed by atoms with Crippen LogP contribution in [0.5, 0.6) is 0 Å². The molecule has 10 heteroatoms. The molecule has 0 spiro atoms. The van der Waals surface area contributed by atoms with Gasteiger partial charge in [-0.1, -0.05) is 12.1 Å². The Labute approximate surface area is 216 Å². The number of hydrogen-bond donors (Lipinski definition) is 2. The van der Waals surface area contributed by atoms with Crippen molar-refractivity contribution in [3.8, 4) is 22.3 Å². The highest BCUT2D eigenvalue weighted by Gasteiger charge is 2.26. The van der Waals surface area contributed by atoms with E-state index in [0.717, 1.165) is 52.5 Å². The fourth-order valence-corrected chi connectivity index (χ4v) is 4.24. The van der Waals surface area contributed by atoms with Gasteiger partial charge in [-0.05, 0) is 71.7 Å². The second kappa shape index (κ2) is 12.6. The van der Waals surface area contributed by atoms with Gasteiger partial charge >= 0.3 is 0 Å². The minimum Gasteiger partial charge on any atom is -0.378 e. The fourth-order valence-electron chi connectivity index (χ4n) is 4.24. The number of benzene rings is 1. The van der Waals surface area contributed by atoms with Crippen molar-refractivity contribution < 1.29 is 19.0 Å². The number of nitrogens with zero attached hydrogens (tertiary/aromatic N) is 4. The quantitative estimate of drug-likeness (QED) is 0.438. The number of carbonyl (C=O) groups is 1. The monoisotopic (exact) mass is 508 g/mol. The van der Waals surface area contributed by atoms with Crippen LogP contribution in [0.15, 0.2) is 42.7 Å². The summed E-state index contributed by atoms with van der Waals surface area (Å²) in [5, 5.41) is 3.27. The van der Waals surface area contributed by atoms with E-state index in [0.29, 0.717) is 24.9 Å². The Morgan fingerprint density at radius 1 is 1.16 bits per heavy atom. The average molecular weight is 509 g/mol. The number of amides is 1. The third-order valence-electron chi connectivity index (χ3n) is 6.35. The van der Waals surface area contributed by atoms with Crippen LogP contribution in [0.2, 0.25) is 0 Å². The van der Waals surface area contributed by atoms with E-state index in [-0.39, 0.29) is 19.1 Å². The van der Waals surface area contributed by atoms with Crippen molar-refractivity contribution >= 4 is 18.0 Å². The summed E-state index contributed by atoms with van der Waals surface area (Å²) in [6.07, 6.45) is 6.47. The van der Waals surface area contributed by atoms with Gasteiger partial charge in [0, 0.05) is 37.0 Å². The maximum Gasteiger partial charge on any atom is 0.204 e. The molecule has 3 aromatic rings. The lowest BCUT2D eigenvalue weighted by molar-refractivity contribution is -0.133. The molecule has 1 aliphatic carbocycles. The normalized spacial score (nSPS) is 15.9. The second-order valence-electron chi connectivity index (χ2n) is 9.29. The Kier molecular flexibility index (Phi) is 8.97. The Balaban J connectivity index is 0.00000102. The Morgan fingerprint density at radius 2 is 1.86 bits per heavy atom. The average Bonchev–Trinajstić information content (AvgIpc) is 3.76. The maximum absolute atomic E-state index is 12.4. The van der Waals surface area contributed by atoms with Crippen molar-refractivity contribution in [3.05, 3.63) is 54.1 Å². The van der Waals surface area contributed by atoms with E-state index in [1.165, 1.54) is 12.8 Å². The minimum atomic E-state index is -0.222. The number of anilines is 2. The number of halogens is 1.